The van der Waals surface area contributed by atoms with Crippen LogP contribution in [0.3, 0.4) is 0 Å². The van der Waals surface area contributed by atoms with Gasteiger partial charge in [-0.1, -0.05) is 18.2 Å². The van der Waals surface area contributed by atoms with Crippen LogP contribution in [0.1, 0.15) is 6.92 Å². The highest BCUT2D eigenvalue weighted by Gasteiger charge is 2.02. The third-order valence-corrected chi connectivity index (χ3v) is 2.44. The van der Waals surface area contributed by atoms with Crippen molar-refractivity contribution in [3.05, 3.63) is 49.1 Å². The van der Waals surface area contributed by atoms with Crippen molar-refractivity contribution in [1.82, 2.24) is 9.55 Å². The highest BCUT2D eigenvalue weighted by Crippen LogP contribution is 2.04. The van der Waals surface area contributed by atoms with Crippen LogP contribution >= 0.6 is 0 Å². The maximum absolute atomic E-state index is 5.85. The van der Waals surface area contributed by atoms with Gasteiger partial charge in [0.2, 0.25) is 0 Å². The van der Waals surface area contributed by atoms with Crippen molar-refractivity contribution < 1.29 is 0 Å². The highest BCUT2D eigenvalue weighted by atomic mass is 15.1. The van der Waals surface area contributed by atoms with Crippen LogP contribution in [0.25, 0.3) is 0 Å². The number of para-hydroxylation sites is 1. The van der Waals surface area contributed by atoms with Gasteiger partial charge in [0.1, 0.15) is 0 Å². The normalized spacial score (nSPS) is 13.3. The predicted octanol–water partition coefficient (Wildman–Crippen LogP) is 1.70. The molecule has 2 rings (SSSR count). The summed E-state index contributed by atoms with van der Waals surface area (Å²) in [5.74, 6) is 0.425. The second kappa shape index (κ2) is 5.86. The van der Waals surface area contributed by atoms with Crippen LogP contribution in [0.2, 0.25) is 0 Å². The average Bonchev–Trinajstić information content (AvgIpc) is 2.82. The summed E-state index contributed by atoms with van der Waals surface area (Å²) in [6, 6.07) is 9.84. The Bertz CT molecular complexity index is 489. The molecule has 1 aromatic carbocycles. The molecule has 0 bridgehead atoms. The van der Waals surface area contributed by atoms with E-state index in [9.17, 15) is 0 Å². The molecule has 0 radical (unpaired) electrons. The number of imidazole rings is 1. The number of anilines is 1. The van der Waals surface area contributed by atoms with Crippen molar-refractivity contribution in [3.63, 3.8) is 0 Å². The first-order chi connectivity index (χ1) is 8.74. The lowest BCUT2D eigenvalue weighted by atomic mass is 10.3. The fourth-order valence-corrected chi connectivity index (χ4v) is 1.68. The van der Waals surface area contributed by atoms with Gasteiger partial charge in [-0.05, 0) is 19.1 Å². The smallest absolute Gasteiger partial charge is 0.193 e. The molecule has 5 nitrogen and oxygen atoms in total. The van der Waals surface area contributed by atoms with Gasteiger partial charge in [-0.15, -0.1) is 0 Å². The first-order valence-electron chi connectivity index (χ1n) is 5.85. The first kappa shape index (κ1) is 12.2. The SMILES string of the molecule is CC(Cn1ccnc1)N=C(N)Nc1ccccc1. The molecule has 2 aromatic rings. The van der Waals surface area contributed by atoms with Crippen molar-refractivity contribution >= 4 is 11.6 Å². The number of benzene rings is 1. The van der Waals surface area contributed by atoms with Crippen LogP contribution in [-0.2, 0) is 6.54 Å². The van der Waals surface area contributed by atoms with Crippen molar-refractivity contribution in [1.29, 1.82) is 0 Å². The predicted molar refractivity (Wildman–Crippen MR) is 73.4 cm³/mol. The van der Waals surface area contributed by atoms with E-state index in [0.29, 0.717) is 5.96 Å². The molecule has 0 amide bonds. The molecule has 0 aliphatic carbocycles. The maximum Gasteiger partial charge on any atom is 0.193 e. The molecule has 18 heavy (non-hydrogen) atoms. The lowest BCUT2D eigenvalue weighted by Crippen LogP contribution is -2.25. The number of aliphatic imine (C=N–C) groups is 1. The molecule has 5 heteroatoms. The summed E-state index contributed by atoms with van der Waals surface area (Å²) in [4.78, 5) is 8.37. The van der Waals surface area contributed by atoms with Crippen LogP contribution in [0, 0.1) is 0 Å². The minimum Gasteiger partial charge on any atom is -0.370 e. The lowest BCUT2D eigenvalue weighted by molar-refractivity contribution is 0.591. The summed E-state index contributed by atoms with van der Waals surface area (Å²) >= 11 is 0. The summed E-state index contributed by atoms with van der Waals surface area (Å²) in [5.41, 5.74) is 6.79. The summed E-state index contributed by atoms with van der Waals surface area (Å²) in [6.45, 7) is 2.77. The number of nitrogens with zero attached hydrogens (tertiary/aromatic N) is 3. The third-order valence-electron chi connectivity index (χ3n) is 2.44. The van der Waals surface area contributed by atoms with E-state index in [2.05, 4.69) is 15.3 Å². The molecule has 1 unspecified atom stereocenters. The molecule has 0 spiro atoms. The Balaban J connectivity index is 1.91. The number of aromatic nitrogens is 2. The Hall–Kier alpha value is -2.30. The van der Waals surface area contributed by atoms with E-state index in [1.165, 1.54) is 0 Å². The molecule has 0 aliphatic heterocycles. The molecular formula is C13H17N5. The monoisotopic (exact) mass is 243 g/mol. The Morgan fingerprint density at radius 2 is 2.22 bits per heavy atom. The molecule has 0 saturated heterocycles. The Kier molecular flexibility index (Phi) is 3.96. The second-order valence-corrected chi connectivity index (χ2v) is 4.11. The van der Waals surface area contributed by atoms with Crippen molar-refractivity contribution in [3.8, 4) is 0 Å². The molecule has 0 aliphatic rings. The van der Waals surface area contributed by atoms with E-state index in [-0.39, 0.29) is 6.04 Å². The standard InChI is InChI=1S/C13H17N5/c1-11(9-18-8-7-15-10-18)16-13(14)17-12-5-3-2-4-6-12/h2-8,10-11H,9H2,1H3,(H3,14,16,17). The lowest BCUT2D eigenvalue weighted by Gasteiger charge is -2.10. The molecule has 1 atom stereocenters. The fourth-order valence-electron chi connectivity index (χ4n) is 1.68. The minimum absolute atomic E-state index is 0.0930. The van der Waals surface area contributed by atoms with Crippen LogP contribution in [0.4, 0.5) is 5.69 Å². The Morgan fingerprint density at radius 3 is 2.89 bits per heavy atom. The van der Waals surface area contributed by atoms with Crippen molar-refractivity contribution in [2.75, 3.05) is 5.32 Å². The van der Waals surface area contributed by atoms with E-state index < -0.39 is 0 Å². The van der Waals surface area contributed by atoms with Gasteiger partial charge in [0.15, 0.2) is 5.96 Å². The van der Waals surface area contributed by atoms with Crippen molar-refractivity contribution in [2.45, 2.75) is 19.5 Å². The number of hydrogen-bond donors (Lipinski definition) is 2. The summed E-state index contributed by atoms with van der Waals surface area (Å²) in [6.07, 6.45) is 5.43. The summed E-state index contributed by atoms with van der Waals surface area (Å²) < 4.78 is 1.98. The molecule has 0 saturated carbocycles. The van der Waals surface area contributed by atoms with E-state index in [0.717, 1.165) is 12.2 Å². The van der Waals surface area contributed by atoms with Gasteiger partial charge in [-0.25, -0.2) is 9.98 Å². The van der Waals surface area contributed by atoms with E-state index in [4.69, 9.17) is 5.73 Å². The first-order valence-corrected chi connectivity index (χ1v) is 5.85. The van der Waals surface area contributed by atoms with Gasteiger partial charge < -0.3 is 15.6 Å². The van der Waals surface area contributed by atoms with Gasteiger partial charge in [0, 0.05) is 24.6 Å². The highest BCUT2D eigenvalue weighted by molar-refractivity contribution is 5.92. The van der Waals surface area contributed by atoms with Crippen LogP contribution in [0.15, 0.2) is 54.0 Å². The minimum atomic E-state index is 0.0930. The zero-order valence-electron chi connectivity index (χ0n) is 10.3. The van der Waals surface area contributed by atoms with Gasteiger partial charge in [-0.2, -0.15) is 0 Å². The molecule has 94 valence electrons. The number of nitrogens with two attached hydrogens (primary N) is 1. The van der Waals surface area contributed by atoms with E-state index in [1.807, 2.05) is 48.0 Å². The topological polar surface area (TPSA) is 68.2 Å². The van der Waals surface area contributed by atoms with Crippen LogP contribution < -0.4 is 11.1 Å². The number of nitrogens with one attached hydrogen (secondary N) is 1. The van der Waals surface area contributed by atoms with Gasteiger partial charge in [0.25, 0.3) is 0 Å². The number of guanidine groups is 1. The Labute approximate surface area is 106 Å². The summed E-state index contributed by atoms with van der Waals surface area (Å²) in [7, 11) is 0. The molecule has 0 fully saturated rings. The molecular weight excluding hydrogens is 226 g/mol. The Morgan fingerprint density at radius 1 is 1.44 bits per heavy atom. The van der Waals surface area contributed by atoms with E-state index >= 15 is 0 Å². The van der Waals surface area contributed by atoms with E-state index in [1.54, 1.807) is 12.5 Å². The van der Waals surface area contributed by atoms with Crippen LogP contribution in [-0.4, -0.2) is 21.6 Å². The second-order valence-electron chi connectivity index (χ2n) is 4.11. The van der Waals surface area contributed by atoms with Crippen molar-refractivity contribution in [2.24, 2.45) is 10.7 Å². The largest absolute Gasteiger partial charge is 0.370 e. The van der Waals surface area contributed by atoms with Gasteiger partial charge in [0.05, 0.1) is 12.4 Å². The third kappa shape index (κ3) is 3.62. The zero-order valence-corrected chi connectivity index (χ0v) is 10.3. The maximum atomic E-state index is 5.85. The zero-order chi connectivity index (χ0) is 12.8. The van der Waals surface area contributed by atoms with Gasteiger partial charge >= 0.3 is 0 Å². The number of hydrogen-bond acceptors (Lipinski definition) is 2. The molecule has 1 aromatic heterocycles. The molecule has 1 heterocycles. The quantitative estimate of drug-likeness (QED) is 0.634. The fraction of sp³-hybridized carbons (Fsp3) is 0.231. The van der Waals surface area contributed by atoms with Crippen LogP contribution in [0.5, 0.6) is 0 Å². The molecule has 3 N–H and O–H groups in total. The average molecular weight is 243 g/mol. The van der Waals surface area contributed by atoms with Gasteiger partial charge in [-0.3, -0.25) is 0 Å². The summed E-state index contributed by atoms with van der Waals surface area (Å²) in [5, 5.41) is 3.06. The number of rotatable bonds is 4.